The molecule has 0 spiro atoms. The van der Waals surface area contributed by atoms with E-state index in [2.05, 4.69) is 19.9 Å². The molecule has 0 saturated heterocycles. The second kappa shape index (κ2) is 3.51. The highest BCUT2D eigenvalue weighted by Crippen LogP contribution is 2.20. The summed E-state index contributed by atoms with van der Waals surface area (Å²) in [6.45, 7) is 0. The molecule has 0 aliphatic heterocycles. The van der Waals surface area contributed by atoms with Gasteiger partial charge in [-0.25, -0.2) is 9.97 Å². The summed E-state index contributed by atoms with van der Waals surface area (Å²) >= 11 is 0. The first-order valence-electron chi connectivity index (χ1n) is 5.06. The van der Waals surface area contributed by atoms with E-state index in [0.29, 0.717) is 22.3 Å². The molecule has 0 aliphatic rings. The third-order valence-electron chi connectivity index (χ3n) is 2.51. The van der Waals surface area contributed by atoms with E-state index in [1.807, 2.05) is 17.8 Å². The van der Waals surface area contributed by atoms with Gasteiger partial charge in [0.25, 0.3) is 5.56 Å². The topological polar surface area (TPSA) is 76.5 Å². The summed E-state index contributed by atoms with van der Waals surface area (Å²) in [5, 5.41) is 0.517. The van der Waals surface area contributed by atoms with Crippen molar-refractivity contribution < 1.29 is 0 Å². The molecule has 0 bridgehead atoms. The van der Waals surface area contributed by atoms with Gasteiger partial charge in [0.05, 0.1) is 18.0 Å². The number of hydrogen-bond donors (Lipinski definition) is 1. The minimum atomic E-state index is -0.172. The number of nitrogens with one attached hydrogen (secondary N) is 1. The molecule has 0 unspecified atom stereocenters. The average molecular weight is 227 g/mol. The van der Waals surface area contributed by atoms with Crippen LogP contribution in [0.3, 0.4) is 0 Å². The van der Waals surface area contributed by atoms with Gasteiger partial charge in [-0.15, -0.1) is 0 Å². The Morgan fingerprint density at radius 3 is 2.94 bits per heavy atom. The predicted molar refractivity (Wildman–Crippen MR) is 62.4 cm³/mol. The van der Waals surface area contributed by atoms with E-state index in [1.165, 1.54) is 6.33 Å². The van der Waals surface area contributed by atoms with E-state index in [1.54, 1.807) is 18.6 Å². The van der Waals surface area contributed by atoms with Crippen LogP contribution in [0.2, 0.25) is 0 Å². The number of imidazole rings is 1. The van der Waals surface area contributed by atoms with Crippen LogP contribution in [0.4, 0.5) is 0 Å². The third-order valence-corrected chi connectivity index (χ3v) is 2.51. The van der Waals surface area contributed by atoms with Crippen LogP contribution in [-0.4, -0.2) is 24.5 Å². The molecule has 17 heavy (non-hydrogen) atoms. The van der Waals surface area contributed by atoms with Crippen LogP contribution < -0.4 is 5.56 Å². The van der Waals surface area contributed by atoms with Gasteiger partial charge in [-0.1, -0.05) is 0 Å². The fraction of sp³-hybridized carbons (Fsp3) is 0.0909. The summed E-state index contributed by atoms with van der Waals surface area (Å²) < 4.78 is 1.82. The molecule has 1 N–H and O–H groups in total. The van der Waals surface area contributed by atoms with E-state index in [4.69, 9.17) is 0 Å². The van der Waals surface area contributed by atoms with Crippen LogP contribution in [-0.2, 0) is 7.05 Å². The summed E-state index contributed by atoms with van der Waals surface area (Å²) in [5.74, 6) is 0. The number of aromatic amines is 1. The second-order valence-corrected chi connectivity index (χ2v) is 3.71. The molecule has 0 aromatic carbocycles. The van der Waals surface area contributed by atoms with Gasteiger partial charge < -0.3 is 9.55 Å². The fourth-order valence-electron chi connectivity index (χ4n) is 1.72. The van der Waals surface area contributed by atoms with E-state index in [0.717, 1.165) is 0 Å². The maximum atomic E-state index is 11.6. The normalized spacial score (nSPS) is 10.9. The number of fused-ring (bicyclic) bond motifs is 1. The first kappa shape index (κ1) is 9.71. The van der Waals surface area contributed by atoms with E-state index in [9.17, 15) is 4.79 Å². The van der Waals surface area contributed by atoms with Crippen molar-refractivity contribution in [3.8, 4) is 11.4 Å². The molecule has 0 atom stereocenters. The number of aromatic nitrogens is 5. The Hall–Kier alpha value is -2.50. The first-order chi connectivity index (χ1) is 8.25. The van der Waals surface area contributed by atoms with Crippen LogP contribution in [0.1, 0.15) is 0 Å². The average Bonchev–Trinajstić information content (AvgIpc) is 2.76. The molecule has 3 heterocycles. The Labute approximate surface area is 96.0 Å². The van der Waals surface area contributed by atoms with Crippen LogP contribution in [0.25, 0.3) is 22.3 Å². The van der Waals surface area contributed by atoms with Crippen molar-refractivity contribution in [3.05, 3.63) is 41.5 Å². The van der Waals surface area contributed by atoms with E-state index >= 15 is 0 Å². The van der Waals surface area contributed by atoms with Gasteiger partial charge in [-0.3, -0.25) is 9.78 Å². The van der Waals surface area contributed by atoms with Gasteiger partial charge >= 0.3 is 0 Å². The van der Waals surface area contributed by atoms with Crippen LogP contribution >= 0.6 is 0 Å². The quantitative estimate of drug-likeness (QED) is 0.664. The lowest BCUT2D eigenvalue weighted by molar-refractivity contribution is 0.913. The van der Waals surface area contributed by atoms with Crippen molar-refractivity contribution in [2.75, 3.05) is 0 Å². The zero-order valence-corrected chi connectivity index (χ0v) is 9.08. The van der Waals surface area contributed by atoms with Crippen LogP contribution in [0.15, 0.2) is 35.9 Å². The lowest BCUT2D eigenvalue weighted by Gasteiger charge is -2.00. The summed E-state index contributed by atoms with van der Waals surface area (Å²) in [7, 11) is 1.88. The predicted octanol–water partition coefficient (Wildman–Crippen LogP) is 0.719. The molecule has 3 aromatic heterocycles. The van der Waals surface area contributed by atoms with Crippen LogP contribution in [0, 0.1) is 0 Å². The minimum Gasteiger partial charge on any atom is -0.340 e. The van der Waals surface area contributed by atoms with Gasteiger partial charge in [0.1, 0.15) is 16.9 Å². The standard InChI is InChI=1S/C11H9N5O/c1-16-4-8(15-6-16)10-9-7(2-3-12-10)11(17)14-5-13-9/h2-6H,1H3,(H,13,14,17). The second-order valence-electron chi connectivity index (χ2n) is 3.71. The fourth-order valence-corrected chi connectivity index (χ4v) is 1.72. The van der Waals surface area contributed by atoms with Crippen LogP contribution in [0.5, 0.6) is 0 Å². The molecule has 0 aliphatic carbocycles. The number of H-pyrrole nitrogens is 1. The highest BCUT2D eigenvalue weighted by atomic mass is 16.1. The molecule has 3 rings (SSSR count). The Kier molecular flexibility index (Phi) is 2.01. The lowest BCUT2D eigenvalue weighted by atomic mass is 10.2. The Bertz CT molecular complexity index is 743. The van der Waals surface area contributed by atoms with Gasteiger partial charge in [0, 0.05) is 19.4 Å². The zero-order chi connectivity index (χ0) is 11.8. The molecule has 0 amide bonds. The molecule has 0 saturated carbocycles. The molecule has 6 heteroatoms. The smallest absolute Gasteiger partial charge is 0.258 e. The van der Waals surface area contributed by atoms with Gasteiger partial charge in [-0.05, 0) is 6.07 Å². The summed E-state index contributed by atoms with van der Waals surface area (Å²) in [5.41, 5.74) is 1.72. The van der Waals surface area contributed by atoms with E-state index in [-0.39, 0.29) is 5.56 Å². The van der Waals surface area contributed by atoms with Crippen molar-refractivity contribution >= 4 is 10.9 Å². The summed E-state index contributed by atoms with van der Waals surface area (Å²) in [4.78, 5) is 26.8. The third kappa shape index (κ3) is 1.50. The van der Waals surface area contributed by atoms with Gasteiger partial charge in [0.15, 0.2) is 0 Å². The molecule has 0 radical (unpaired) electrons. The Balaban J connectivity index is 2.38. The SMILES string of the molecule is Cn1cnc(-c2nccc3c(=O)[nH]cnc23)c1. The van der Waals surface area contributed by atoms with Crippen molar-refractivity contribution in [3.63, 3.8) is 0 Å². The molecule has 6 nitrogen and oxygen atoms in total. The molecule has 0 fully saturated rings. The lowest BCUT2D eigenvalue weighted by Crippen LogP contribution is -2.07. The van der Waals surface area contributed by atoms with Crippen molar-refractivity contribution in [1.82, 2.24) is 24.5 Å². The van der Waals surface area contributed by atoms with Crippen molar-refractivity contribution in [2.24, 2.45) is 7.05 Å². The molecule has 3 aromatic rings. The maximum Gasteiger partial charge on any atom is 0.258 e. The van der Waals surface area contributed by atoms with Crippen molar-refractivity contribution in [2.45, 2.75) is 0 Å². The zero-order valence-electron chi connectivity index (χ0n) is 9.08. The number of hydrogen-bond acceptors (Lipinski definition) is 4. The van der Waals surface area contributed by atoms with Gasteiger partial charge in [0.2, 0.25) is 0 Å². The Morgan fingerprint density at radius 2 is 2.18 bits per heavy atom. The van der Waals surface area contributed by atoms with E-state index < -0.39 is 0 Å². The minimum absolute atomic E-state index is 0.172. The highest BCUT2D eigenvalue weighted by Gasteiger charge is 2.10. The molecular formula is C11H9N5O. The summed E-state index contributed by atoms with van der Waals surface area (Å²) in [6.07, 6.45) is 6.48. The monoisotopic (exact) mass is 227 g/mol. The summed E-state index contributed by atoms with van der Waals surface area (Å²) in [6, 6.07) is 1.65. The number of pyridine rings is 1. The first-order valence-corrected chi connectivity index (χ1v) is 5.06. The number of aryl methyl sites for hydroxylation is 1. The number of rotatable bonds is 1. The largest absolute Gasteiger partial charge is 0.340 e. The highest BCUT2D eigenvalue weighted by molar-refractivity contribution is 5.89. The van der Waals surface area contributed by atoms with Crippen molar-refractivity contribution in [1.29, 1.82) is 0 Å². The maximum absolute atomic E-state index is 11.6. The molecular weight excluding hydrogens is 218 g/mol. The Morgan fingerprint density at radius 1 is 1.29 bits per heavy atom. The number of nitrogens with zero attached hydrogens (tertiary/aromatic N) is 4. The van der Waals surface area contributed by atoms with Gasteiger partial charge in [-0.2, -0.15) is 0 Å². The molecule has 84 valence electrons.